The van der Waals surface area contributed by atoms with Crippen LogP contribution in [-0.4, -0.2) is 18.2 Å². The maximum absolute atomic E-state index is 11.0. The first kappa shape index (κ1) is 7.90. The molecule has 1 aliphatic heterocycles. The summed E-state index contributed by atoms with van der Waals surface area (Å²) in [5.74, 6) is 0.531. The van der Waals surface area contributed by atoms with E-state index in [4.69, 9.17) is 4.74 Å². The fourth-order valence-corrected chi connectivity index (χ4v) is 2.28. The Morgan fingerprint density at radius 2 is 2.42 bits per heavy atom. The van der Waals surface area contributed by atoms with Crippen LogP contribution >= 0.6 is 0 Å². The van der Waals surface area contributed by atoms with Crippen LogP contribution in [0.25, 0.3) is 0 Å². The van der Waals surface area contributed by atoms with Gasteiger partial charge in [0.1, 0.15) is 0 Å². The van der Waals surface area contributed by atoms with Crippen LogP contribution in [0.1, 0.15) is 32.6 Å². The molecule has 12 heavy (non-hydrogen) atoms. The number of cyclic esters (lactones) is 1. The molecule has 0 aromatic heterocycles. The van der Waals surface area contributed by atoms with Gasteiger partial charge < -0.3 is 10.1 Å². The maximum atomic E-state index is 11.0. The Labute approximate surface area is 72.5 Å². The van der Waals surface area contributed by atoms with Crippen molar-refractivity contribution < 1.29 is 9.53 Å². The van der Waals surface area contributed by atoms with Crippen LogP contribution < -0.4 is 5.32 Å². The quantitative estimate of drug-likeness (QED) is 0.599. The number of hydrogen-bond acceptors (Lipinski definition) is 2. The fourth-order valence-electron chi connectivity index (χ4n) is 2.28. The molecule has 1 heterocycles. The number of alkyl carbamates (subject to hydrolysis) is 1. The van der Waals surface area contributed by atoms with Gasteiger partial charge >= 0.3 is 6.09 Å². The average molecular weight is 169 g/mol. The molecule has 1 saturated carbocycles. The van der Waals surface area contributed by atoms with Gasteiger partial charge in [0, 0.05) is 11.5 Å². The zero-order valence-corrected chi connectivity index (χ0v) is 7.43. The second kappa shape index (κ2) is 2.64. The zero-order chi connectivity index (χ0) is 8.60. The van der Waals surface area contributed by atoms with Crippen LogP contribution in [0.5, 0.6) is 0 Å². The van der Waals surface area contributed by atoms with E-state index in [1.54, 1.807) is 0 Å². The molecule has 68 valence electrons. The lowest BCUT2D eigenvalue weighted by molar-refractivity contribution is 0.0257. The van der Waals surface area contributed by atoms with Crippen molar-refractivity contribution in [1.82, 2.24) is 5.32 Å². The fraction of sp³-hybridized carbons (Fsp3) is 0.889. The summed E-state index contributed by atoms with van der Waals surface area (Å²) in [6.45, 7) is 2.75. The first-order valence-electron chi connectivity index (χ1n) is 4.66. The summed E-state index contributed by atoms with van der Waals surface area (Å²) in [7, 11) is 0. The number of hydrogen-bond donors (Lipinski definition) is 1. The van der Waals surface area contributed by atoms with E-state index in [2.05, 4.69) is 12.2 Å². The minimum atomic E-state index is -0.240. The Hall–Kier alpha value is -0.730. The van der Waals surface area contributed by atoms with Crippen LogP contribution in [-0.2, 0) is 4.74 Å². The molecule has 1 aliphatic carbocycles. The van der Waals surface area contributed by atoms with Gasteiger partial charge in [-0.25, -0.2) is 4.79 Å². The average Bonchev–Trinajstić information content (AvgIpc) is 2.02. The van der Waals surface area contributed by atoms with Gasteiger partial charge in [-0.15, -0.1) is 0 Å². The minimum Gasteiger partial charge on any atom is -0.449 e. The van der Waals surface area contributed by atoms with E-state index in [9.17, 15) is 4.79 Å². The molecule has 1 amide bonds. The van der Waals surface area contributed by atoms with Gasteiger partial charge in [-0.2, -0.15) is 0 Å². The van der Waals surface area contributed by atoms with Gasteiger partial charge in [-0.05, 0) is 19.8 Å². The number of amides is 1. The number of fused-ring (bicyclic) bond motifs is 1. The normalized spacial score (nSPS) is 41.1. The lowest BCUT2D eigenvalue weighted by Gasteiger charge is -2.44. The number of carbonyl (C=O) groups is 1. The number of nitrogens with one attached hydrogen (secondary N) is 1. The van der Waals surface area contributed by atoms with E-state index < -0.39 is 0 Å². The Morgan fingerprint density at radius 1 is 1.58 bits per heavy atom. The van der Waals surface area contributed by atoms with Crippen molar-refractivity contribution >= 4 is 6.09 Å². The summed E-state index contributed by atoms with van der Waals surface area (Å²) in [4.78, 5) is 11.0. The Morgan fingerprint density at radius 3 is 3.25 bits per heavy atom. The maximum Gasteiger partial charge on any atom is 0.407 e. The molecule has 0 aromatic rings. The predicted molar refractivity (Wildman–Crippen MR) is 44.8 cm³/mol. The molecule has 2 aliphatic rings. The second-order valence-electron chi connectivity index (χ2n) is 4.08. The van der Waals surface area contributed by atoms with E-state index in [0.29, 0.717) is 12.5 Å². The van der Waals surface area contributed by atoms with Crippen LogP contribution in [0.4, 0.5) is 4.79 Å². The van der Waals surface area contributed by atoms with Gasteiger partial charge in [-0.1, -0.05) is 12.8 Å². The largest absolute Gasteiger partial charge is 0.449 e. The molecular weight excluding hydrogens is 154 g/mol. The van der Waals surface area contributed by atoms with E-state index in [0.717, 1.165) is 6.42 Å². The summed E-state index contributed by atoms with van der Waals surface area (Å²) in [6.07, 6.45) is 4.56. The van der Waals surface area contributed by atoms with Crippen molar-refractivity contribution in [3.63, 3.8) is 0 Å². The highest BCUT2D eigenvalue weighted by atomic mass is 16.6. The lowest BCUT2D eigenvalue weighted by atomic mass is 9.74. The predicted octanol–water partition coefficient (Wildman–Crippen LogP) is 1.68. The standard InChI is InChI=1S/C9H15NO2/c1-9-5-3-2-4-7(9)6-12-8(11)10-9/h7H,2-6H2,1H3,(H,10,11). The first-order chi connectivity index (χ1) is 5.71. The van der Waals surface area contributed by atoms with E-state index in [1.807, 2.05) is 0 Å². The van der Waals surface area contributed by atoms with E-state index in [1.165, 1.54) is 19.3 Å². The highest BCUT2D eigenvalue weighted by Gasteiger charge is 2.41. The van der Waals surface area contributed by atoms with Crippen molar-refractivity contribution in [2.24, 2.45) is 5.92 Å². The minimum absolute atomic E-state index is 0.0214. The van der Waals surface area contributed by atoms with Crippen molar-refractivity contribution in [3.8, 4) is 0 Å². The van der Waals surface area contributed by atoms with Crippen LogP contribution in [0.15, 0.2) is 0 Å². The molecule has 2 unspecified atom stereocenters. The molecule has 0 bridgehead atoms. The molecule has 3 nitrogen and oxygen atoms in total. The molecule has 1 saturated heterocycles. The van der Waals surface area contributed by atoms with Crippen molar-refractivity contribution in [2.45, 2.75) is 38.1 Å². The van der Waals surface area contributed by atoms with E-state index in [-0.39, 0.29) is 11.6 Å². The van der Waals surface area contributed by atoms with Gasteiger partial charge in [-0.3, -0.25) is 0 Å². The molecule has 2 rings (SSSR count). The molecule has 0 spiro atoms. The topological polar surface area (TPSA) is 38.3 Å². The summed E-state index contributed by atoms with van der Waals surface area (Å²) < 4.78 is 4.96. The van der Waals surface area contributed by atoms with Crippen molar-refractivity contribution in [1.29, 1.82) is 0 Å². The van der Waals surface area contributed by atoms with E-state index >= 15 is 0 Å². The highest BCUT2D eigenvalue weighted by molar-refractivity contribution is 5.69. The smallest absolute Gasteiger partial charge is 0.407 e. The Kier molecular flexibility index (Phi) is 1.74. The number of rotatable bonds is 0. The molecule has 0 aromatic carbocycles. The van der Waals surface area contributed by atoms with Crippen molar-refractivity contribution in [3.05, 3.63) is 0 Å². The van der Waals surface area contributed by atoms with Crippen LogP contribution in [0.2, 0.25) is 0 Å². The second-order valence-corrected chi connectivity index (χ2v) is 4.08. The molecule has 0 radical (unpaired) electrons. The monoisotopic (exact) mass is 169 g/mol. The summed E-state index contributed by atoms with van der Waals surface area (Å²) >= 11 is 0. The summed E-state index contributed by atoms with van der Waals surface area (Å²) in [5.41, 5.74) is 0.0214. The Balaban J connectivity index is 2.12. The third-order valence-electron chi connectivity index (χ3n) is 3.20. The first-order valence-corrected chi connectivity index (χ1v) is 4.66. The molecule has 3 heteroatoms. The van der Waals surface area contributed by atoms with Crippen LogP contribution in [0, 0.1) is 5.92 Å². The van der Waals surface area contributed by atoms with Crippen molar-refractivity contribution in [2.75, 3.05) is 6.61 Å². The molecule has 2 atom stereocenters. The third kappa shape index (κ3) is 1.17. The summed E-state index contributed by atoms with van der Waals surface area (Å²) in [6, 6.07) is 0. The highest BCUT2D eigenvalue weighted by Crippen LogP contribution is 2.35. The molecule has 2 fully saturated rings. The summed E-state index contributed by atoms with van der Waals surface area (Å²) in [5, 5.41) is 2.93. The van der Waals surface area contributed by atoms with Gasteiger partial charge in [0.15, 0.2) is 0 Å². The number of carbonyl (C=O) groups excluding carboxylic acids is 1. The van der Waals surface area contributed by atoms with Gasteiger partial charge in [0.2, 0.25) is 0 Å². The van der Waals surface area contributed by atoms with Gasteiger partial charge in [0.05, 0.1) is 6.61 Å². The lowest BCUT2D eigenvalue weighted by Crippen LogP contribution is -2.58. The third-order valence-corrected chi connectivity index (χ3v) is 3.20. The number of ether oxygens (including phenoxy) is 1. The molecular formula is C9H15NO2. The SMILES string of the molecule is CC12CCCCC1COC(=O)N2. The van der Waals surface area contributed by atoms with Gasteiger partial charge in [0.25, 0.3) is 0 Å². The Bertz CT molecular complexity index is 205. The molecule has 1 N–H and O–H groups in total. The van der Waals surface area contributed by atoms with Crippen LogP contribution in [0.3, 0.4) is 0 Å². The zero-order valence-electron chi connectivity index (χ0n) is 7.43.